The number of aryl methyl sites for hydroxylation is 1. The Kier molecular flexibility index (Phi) is 7.78. The lowest BCUT2D eigenvalue weighted by atomic mass is 9.82. The molecule has 0 saturated heterocycles. The van der Waals surface area contributed by atoms with Gasteiger partial charge in [0.1, 0.15) is 5.75 Å². The number of phenolic OH excluding ortho intramolecular Hbond substituents is 1. The van der Waals surface area contributed by atoms with Crippen molar-refractivity contribution in [2.45, 2.75) is 79.1 Å². The van der Waals surface area contributed by atoms with Crippen LogP contribution < -0.4 is 5.32 Å². The van der Waals surface area contributed by atoms with Gasteiger partial charge in [-0.3, -0.25) is 4.79 Å². The third kappa shape index (κ3) is 6.54. The first kappa shape index (κ1) is 20.5. The van der Waals surface area contributed by atoms with Gasteiger partial charge >= 0.3 is 0 Å². The molecule has 3 nitrogen and oxygen atoms in total. The summed E-state index contributed by atoms with van der Waals surface area (Å²) in [6.45, 7) is 13.5. The Hall–Kier alpha value is -1.51. The lowest BCUT2D eigenvalue weighted by Crippen LogP contribution is -2.24. The number of benzene rings is 1. The van der Waals surface area contributed by atoms with Crippen LogP contribution >= 0.6 is 0 Å². The van der Waals surface area contributed by atoms with Gasteiger partial charge in [0.25, 0.3) is 0 Å². The van der Waals surface area contributed by atoms with Crippen molar-refractivity contribution < 1.29 is 9.90 Å². The molecular weight excluding hydrogens is 298 g/mol. The van der Waals surface area contributed by atoms with Crippen molar-refractivity contribution in [3.63, 3.8) is 0 Å². The third-order valence-corrected chi connectivity index (χ3v) is 4.18. The molecular formula is C21H35NO2. The number of nitrogens with one attached hydrogen (secondary N) is 1. The minimum atomic E-state index is -0.116. The largest absolute Gasteiger partial charge is 0.507 e. The summed E-state index contributed by atoms with van der Waals surface area (Å²) < 4.78 is 0. The van der Waals surface area contributed by atoms with Crippen LogP contribution in [0.15, 0.2) is 12.1 Å². The monoisotopic (exact) mass is 333 g/mol. The van der Waals surface area contributed by atoms with Gasteiger partial charge in [0.2, 0.25) is 5.91 Å². The lowest BCUT2D eigenvalue weighted by Gasteiger charge is -2.24. The molecule has 0 aliphatic heterocycles. The number of phenols is 1. The minimum Gasteiger partial charge on any atom is -0.507 e. The van der Waals surface area contributed by atoms with Gasteiger partial charge in [0.05, 0.1) is 0 Å². The van der Waals surface area contributed by atoms with Gasteiger partial charge in [-0.2, -0.15) is 0 Å². The zero-order valence-corrected chi connectivity index (χ0v) is 16.3. The summed E-state index contributed by atoms with van der Waals surface area (Å²) in [4.78, 5) is 11.9. The Balaban J connectivity index is 2.92. The fourth-order valence-electron chi connectivity index (χ4n) is 2.82. The van der Waals surface area contributed by atoms with Crippen LogP contribution in [0.25, 0.3) is 0 Å². The predicted octanol–water partition coefficient (Wildman–Crippen LogP) is 4.74. The molecule has 1 rings (SSSR count). The van der Waals surface area contributed by atoms with Crippen LogP contribution in [0.1, 0.15) is 77.5 Å². The molecule has 2 N–H and O–H groups in total. The highest BCUT2D eigenvalue weighted by molar-refractivity contribution is 5.76. The highest BCUT2D eigenvalue weighted by Gasteiger charge is 2.21. The standard InChI is InChI=1S/C21H35NO2/c1-7-8-11-22-19(23)10-9-16-13-17(12-15(2)3)20(24)18(14-16)21(4,5)6/h13-15,24H,7-12H2,1-6H3,(H,22,23). The predicted molar refractivity (Wildman–Crippen MR) is 102 cm³/mol. The summed E-state index contributed by atoms with van der Waals surface area (Å²) in [5.41, 5.74) is 3.00. The lowest BCUT2D eigenvalue weighted by molar-refractivity contribution is -0.121. The summed E-state index contributed by atoms with van der Waals surface area (Å²) in [5, 5.41) is 13.6. The van der Waals surface area contributed by atoms with Crippen molar-refractivity contribution in [3.8, 4) is 5.75 Å². The van der Waals surface area contributed by atoms with E-state index in [4.69, 9.17) is 0 Å². The first-order chi connectivity index (χ1) is 11.1. The normalized spacial score (nSPS) is 11.8. The second kappa shape index (κ2) is 9.10. The van der Waals surface area contributed by atoms with Crippen molar-refractivity contribution in [3.05, 3.63) is 28.8 Å². The second-order valence-corrected chi connectivity index (χ2v) is 8.20. The molecule has 0 fully saturated rings. The molecule has 0 unspecified atom stereocenters. The molecule has 1 amide bonds. The van der Waals surface area contributed by atoms with Crippen molar-refractivity contribution >= 4 is 5.91 Å². The molecule has 1 aromatic rings. The fourth-order valence-corrected chi connectivity index (χ4v) is 2.82. The van der Waals surface area contributed by atoms with Crippen molar-refractivity contribution in [2.75, 3.05) is 6.54 Å². The number of amides is 1. The zero-order chi connectivity index (χ0) is 18.3. The van der Waals surface area contributed by atoms with Crippen molar-refractivity contribution in [1.82, 2.24) is 5.32 Å². The van der Waals surface area contributed by atoms with Crippen LogP contribution in [-0.2, 0) is 23.1 Å². The van der Waals surface area contributed by atoms with Gasteiger partial charge in [0, 0.05) is 13.0 Å². The molecule has 0 aliphatic carbocycles. The van der Waals surface area contributed by atoms with Crippen molar-refractivity contribution in [2.24, 2.45) is 5.92 Å². The van der Waals surface area contributed by atoms with E-state index in [-0.39, 0.29) is 11.3 Å². The van der Waals surface area contributed by atoms with Crippen LogP contribution in [0.4, 0.5) is 0 Å². The molecule has 0 radical (unpaired) electrons. The van der Waals surface area contributed by atoms with E-state index in [9.17, 15) is 9.90 Å². The molecule has 24 heavy (non-hydrogen) atoms. The minimum absolute atomic E-state index is 0.110. The maximum atomic E-state index is 11.9. The first-order valence-electron chi connectivity index (χ1n) is 9.27. The Bertz CT molecular complexity index is 542. The van der Waals surface area contributed by atoms with Gasteiger partial charge < -0.3 is 10.4 Å². The van der Waals surface area contributed by atoms with E-state index in [2.05, 4.69) is 59.0 Å². The molecule has 0 aromatic heterocycles. The average molecular weight is 334 g/mol. The highest BCUT2D eigenvalue weighted by Crippen LogP contribution is 2.35. The van der Waals surface area contributed by atoms with Gasteiger partial charge in [-0.1, -0.05) is 60.1 Å². The van der Waals surface area contributed by atoms with Crippen molar-refractivity contribution in [1.29, 1.82) is 0 Å². The van der Waals surface area contributed by atoms with E-state index in [1.807, 2.05) is 0 Å². The summed E-state index contributed by atoms with van der Waals surface area (Å²) in [6, 6.07) is 4.14. The summed E-state index contributed by atoms with van der Waals surface area (Å²) >= 11 is 0. The molecule has 0 atom stereocenters. The number of hydrogen-bond donors (Lipinski definition) is 2. The average Bonchev–Trinajstić information content (AvgIpc) is 2.46. The number of carbonyl (C=O) groups is 1. The SMILES string of the molecule is CCCCNC(=O)CCc1cc(CC(C)C)c(O)c(C(C)(C)C)c1. The third-order valence-electron chi connectivity index (χ3n) is 4.18. The van der Waals surface area contributed by atoms with E-state index in [1.54, 1.807) is 0 Å². The Morgan fingerprint density at radius 1 is 1.25 bits per heavy atom. The highest BCUT2D eigenvalue weighted by atomic mass is 16.3. The molecule has 0 heterocycles. The smallest absolute Gasteiger partial charge is 0.220 e. The Morgan fingerprint density at radius 2 is 1.92 bits per heavy atom. The summed E-state index contributed by atoms with van der Waals surface area (Å²) in [7, 11) is 0. The fraction of sp³-hybridized carbons (Fsp3) is 0.667. The van der Waals surface area contributed by atoms with E-state index >= 15 is 0 Å². The molecule has 3 heteroatoms. The molecule has 0 aliphatic rings. The molecule has 0 bridgehead atoms. The molecule has 1 aromatic carbocycles. The number of carbonyl (C=O) groups excluding carboxylic acids is 1. The topological polar surface area (TPSA) is 49.3 Å². The quantitative estimate of drug-likeness (QED) is 0.675. The van der Waals surface area contributed by atoms with Crippen LogP contribution in [0.3, 0.4) is 0 Å². The molecule has 136 valence electrons. The number of aromatic hydroxyl groups is 1. The van der Waals surface area contributed by atoms with Gasteiger partial charge in [-0.05, 0) is 47.3 Å². The zero-order valence-electron chi connectivity index (χ0n) is 16.3. The van der Waals surface area contributed by atoms with Crippen LogP contribution in [0.5, 0.6) is 5.75 Å². The number of unbranched alkanes of at least 4 members (excludes halogenated alkanes) is 1. The van der Waals surface area contributed by atoms with Crippen LogP contribution in [-0.4, -0.2) is 17.6 Å². The number of hydrogen-bond acceptors (Lipinski definition) is 2. The molecule has 0 spiro atoms. The summed E-state index contributed by atoms with van der Waals surface area (Å²) in [5.74, 6) is 1.02. The van der Waals surface area contributed by atoms with Crippen LogP contribution in [0.2, 0.25) is 0 Å². The molecule has 0 saturated carbocycles. The van der Waals surface area contributed by atoms with Crippen LogP contribution in [0, 0.1) is 5.92 Å². The maximum Gasteiger partial charge on any atom is 0.220 e. The van der Waals surface area contributed by atoms with E-state index < -0.39 is 0 Å². The Morgan fingerprint density at radius 3 is 2.46 bits per heavy atom. The first-order valence-corrected chi connectivity index (χ1v) is 9.27. The summed E-state index contributed by atoms with van der Waals surface area (Å²) in [6.07, 6.45) is 4.18. The van der Waals surface area contributed by atoms with Gasteiger partial charge in [-0.15, -0.1) is 0 Å². The maximum absolute atomic E-state index is 11.9. The van der Waals surface area contributed by atoms with E-state index in [0.29, 0.717) is 24.5 Å². The van der Waals surface area contributed by atoms with E-state index in [1.165, 1.54) is 0 Å². The van der Waals surface area contributed by atoms with Gasteiger partial charge in [0.15, 0.2) is 0 Å². The second-order valence-electron chi connectivity index (χ2n) is 8.20. The van der Waals surface area contributed by atoms with Gasteiger partial charge in [-0.25, -0.2) is 0 Å². The Labute approximate surface area is 147 Å². The van der Waals surface area contributed by atoms with E-state index in [0.717, 1.165) is 42.5 Å². The number of rotatable bonds is 8.